The first-order chi connectivity index (χ1) is 4.52. The average molecular weight is 150 g/mol. The number of hydrogen-bond donors (Lipinski definition) is 0. The molecule has 1 rings (SSSR count). The Kier molecular flexibility index (Phi) is 1.46. The molecule has 0 atom stereocenters. The lowest BCUT2D eigenvalue weighted by Gasteiger charge is -2.01. The van der Waals surface area contributed by atoms with Gasteiger partial charge in [-0.15, -0.1) is 0 Å². The van der Waals surface area contributed by atoms with E-state index in [4.69, 9.17) is 0 Å². The molecule has 0 spiro atoms. The summed E-state index contributed by atoms with van der Waals surface area (Å²) in [5.41, 5.74) is 0.118. The summed E-state index contributed by atoms with van der Waals surface area (Å²) in [6.07, 6.45) is -3.33. The second kappa shape index (κ2) is 2.04. The van der Waals surface area contributed by atoms with E-state index in [-0.39, 0.29) is 5.56 Å². The van der Waals surface area contributed by atoms with Crippen molar-refractivity contribution in [3.63, 3.8) is 0 Å². The highest BCUT2D eigenvalue weighted by molar-refractivity contribution is 5.16. The molecule has 0 N–H and O–H groups in total. The molecule has 0 aliphatic heterocycles. The summed E-state index contributed by atoms with van der Waals surface area (Å²) >= 11 is 0. The summed E-state index contributed by atoms with van der Waals surface area (Å²) in [6.45, 7) is 1.35. The van der Waals surface area contributed by atoms with Crippen LogP contribution in [-0.2, 0) is 6.18 Å². The van der Waals surface area contributed by atoms with Gasteiger partial charge in [0.1, 0.15) is 0 Å². The molecule has 56 valence electrons. The minimum Gasteiger partial charge on any atom is -0.459 e. The summed E-state index contributed by atoms with van der Waals surface area (Å²) in [5.74, 6) is -0.910. The van der Waals surface area contributed by atoms with E-state index in [1.807, 2.05) is 0 Å². The molecule has 0 amide bonds. The van der Waals surface area contributed by atoms with Gasteiger partial charge in [0.25, 0.3) is 0 Å². The van der Waals surface area contributed by atoms with E-state index >= 15 is 0 Å². The molecule has 1 heterocycles. The number of hydrogen-bond acceptors (Lipinski definition) is 1. The number of furan rings is 1. The molecule has 0 radical (unpaired) electrons. The quantitative estimate of drug-likeness (QED) is 0.554. The maximum atomic E-state index is 11.8. The lowest BCUT2D eigenvalue weighted by molar-refractivity contribution is -0.153. The molecule has 0 fully saturated rings. The molecule has 0 unspecified atom stereocenters. The smallest absolute Gasteiger partial charge is 0.449 e. The van der Waals surface area contributed by atoms with E-state index in [1.165, 1.54) is 13.0 Å². The van der Waals surface area contributed by atoms with Gasteiger partial charge in [-0.05, 0) is 18.6 Å². The summed E-state index contributed by atoms with van der Waals surface area (Å²) in [6, 6.07) is 1.28. The third-order valence-corrected chi connectivity index (χ3v) is 1.12. The molecule has 10 heavy (non-hydrogen) atoms. The van der Waals surface area contributed by atoms with E-state index in [0.29, 0.717) is 0 Å². The number of alkyl halides is 3. The van der Waals surface area contributed by atoms with E-state index in [0.717, 1.165) is 6.26 Å². The van der Waals surface area contributed by atoms with Gasteiger partial charge in [0.2, 0.25) is 5.76 Å². The van der Waals surface area contributed by atoms with Gasteiger partial charge in [-0.1, -0.05) is 0 Å². The van der Waals surface area contributed by atoms with E-state index in [2.05, 4.69) is 4.42 Å². The van der Waals surface area contributed by atoms with E-state index < -0.39 is 11.9 Å². The van der Waals surface area contributed by atoms with Crippen LogP contribution in [-0.4, -0.2) is 0 Å². The Labute approximate surface area is 55.5 Å². The predicted molar refractivity (Wildman–Crippen MR) is 28.4 cm³/mol. The van der Waals surface area contributed by atoms with Gasteiger partial charge in [0, 0.05) is 0 Å². The molecule has 0 aliphatic rings. The van der Waals surface area contributed by atoms with Crippen LogP contribution in [0.2, 0.25) is 0 Å². The molecule has 0 aromatic carbocycles. The average Bonchev–Trinajstić information content (AvgIpc) is 2.11. The molecule has 1 aromatic rings. The van der Waals surface area contributed by atoms with Crippen molar-refractivity contribution in [3.05, 3.63) is 23.7 Å². The maximum absolute atomic E-state index is 11.8. The molecule has 1 aromatic heterocycles. The second-order valence-electron chi connectivity index (χ2n) is 1.93. The minimum absolute atomic E-state index is 0.118. The molecule has 0 aliphatic carbocycles. The highest BCUT2D eigenvalue weighted by Crippen LogP contribution is 2.31. The van der Waals surface area contributed by atoms with Gasteiger partial charge in [-0.2, -0.15) is 13.2 Å². The largest absolute Gasteiger partial charge is 0.459 e. The predicted octanol–water partition coefficient (Wildman–Crippen LogP) is 2.61. The minimum atomic E-state index is -4.35. The number of aryl methyl sites for hydroxylation is 1. The molecule has 4 heteroatoms. The third kappa shape index (κ3) is 1.15. The van der Waals surface area contributed by atoms with Gasteiger partial charge in [0.05, 0.1) is 6.26 Å². The summed E-state index contributed by atoms with van der Waals surface area (Å²) in [5, 5.41) is 0. The van der Waals surface area contributed by atoms with E-state index in [1.54, 1.807) is 0 Å². The highest BCUT2D eigenvalue weighted by Gasteiger charge is 2.35. The van der Waals surface area contributed by atoms with Crippen LogP contribution in [0, 0.1) is 6.92 Å². The summed E-state index contributed by atoms with van der Waals surface area (Å²) in [7, 11) is 0. The van der Waals surface area contributed by atoms with Gasteiger partial charge in [-0.25, -0.2) is 0 Å². The molecule has 0 saturated heterocycles. The number of rotatable bonds is 0. The first kappa shape index (κ1) is 7.18. The molecular formula is C6H5F3O. The van der Waals surface area contributed by atoms with Crippen molar-refractivity contribution in [1.29, 1.82) is 0 Å². The highest BCUT2D eigenvalue weighted by atomic mass is 19.4. The first-order valence-electron chi connectivity index (χ1n) is 2.63. The van der Waals surface area contributed by atoms with Crippen molar-refractivity contribution in [2.75, 3.05) is 0 Å². The summed E-state index contributed by atoms with van der Waals surface area (Å²) < 4.78 is 39.6. The van der Waals surface area contributed by atoms with E-state index in [9.17, 15) is 13.2 Å². The van der Waals surface area contributed by atoms with Crippen LogP contribution < -0.4 is 0 Å². The Morgan fingerprint density at radius 2 is 2.00 bits per heavy atom. The van der Waals surface area contributed by atoms with Gasteiger partial charge in [-0.3, -0.25) is 0 Å². The zero-order valence-electron chi connectivity index (χ0n) is 5.20. The fourth-order valence-corrected chi connectivity index (χ4v) is 0.663. The van der Waals surface area contributed by atoms with Gasteiger partial charge >= 0.3 is 6.18 Å². The van der Waals surface area contributed by atoms with Crippen LogP contribution in [0.15, 0.2) is 16.7 Å². The molecule has 1 nitrogen and oxygen atoms in total. The maximum Gasteiger partial charge on any atom is 0.449 e. The molecule has 0 bridgehead atoms. The van der Waals surface area contributed by atoms with Crippen molar-refractivity contribution in [2.24, 2.45) is 0 Å². The molecular weight excluding hydrogens is 145 g/mol. The Morgan fingerprint density at radius 3 is 2.20 bits per heavy atom. The van der Waals surface area contributed by atoms with Crippen LogP contribution in [0.5, 0.6) is 0 Å². The second-order valence-corrected chi connectivity index (χ2v) is 1.93. The standard InChI is InChI=1S/C6H5F3O/c1-4-2-3-10-5(4)6(7,8)9/h2-3H,1H3. The fourth-order valence-electron chi connectivity index (χ4n) is 0.663. The summed E-state index contributed by atoms with van der Waals surface area (Å²) in [4.78, 5) is 0. The monoisotopic (exact) mass is 150 g/mol. The normalized spacial score (nSPS) is 12.0. The lowest BCUT2D eigenvalue weighted by Crippen LogP contribution is -2.04. The van der Waals surface area contributed by atoms with Crippen molar-refractivity contribution in [1.82, 2.24) is 0 Å². The fraction of sp³-hybridized carbons (Fsp3) is 0.333. The number of halogens is 3. The zero-order valence-corrected chi connectivity index (χ0v) is 5.20. The Hall–Kier alpha value is -0.930. The SMILES string of the molecule is Cc1ccoc1C(F)(F)F. The van der Waals surface area contributed by atoms with Gasteiger partial charge in [0.15, 0.2) is 0 Å². The molecule has 0 saturated carbocycles. The third-order valence-electron chi connectivity index (χ3n) is 1.12. The van der Waals surface area contributed by atoms with Crippen molar-refractivity contribution in [2.45, 2.75) is 13.1 Å². The zero-order chi connectivity index (χ0) is 7.78. The Morgan fingerprint density at radius 1 is 1.40 bits per heavy atom. The lowest BCUT2D eigenvalue weighted by atomic mass is 10.3. The van der Waals surface area contributed by atoms with Crippen LogP contribution in [0.3, 0.4) is 0 Å². The van der Waals surface area contributed by atoms with Crippen molar-refractivity contribution >= 4 is 0 Å². The first-order valence-corrected chi connectivity index (χ1v) is 2.63. The van der Waals surface area contributed by atoms with Crippen LogP contribution in [0.1, 0.15) is 11.3 Å². The van der Waals surface area contributed by atoms with Gasteiger partial charge < -0.3 is 4.42 Å². The van der Waals surface area contributed by atoms with Crippen LogP contribution in [0.4, 0.5) is 13.2 Å². The van der Waals surface area contributed by atoms with Crippen LogP contribution in [0.25, 0.3) is 0 Å². The Bertz CT molecular complexity index is 223. The van der Waals surface area contributed by atoms with Crippen molar-refractivity contribution < 1.29 is 17.6 Å². The topological polar surface area (TPSA) is 13.1 Å². The van der Waals surface area contributed by atoms with Crippen molar-refractivity contribution in [3.8, 4) is 0 Å². The van der Waals surface area contributed by atoms with Crippen LogP contribution >= 0.6 is 0 Å². The Balaban J connectivity index is 3.05.